The number of terminal acetylenes is 1. The van der Waals surface area contributed by atoms with E-state index in [2.05, 4.69) is 21.1 Å². The Morgan fingerprint density at radius 2 is 1.98 bits per heavy atom. The summed E-state index contributed by atoms with van der Waals surface area (Å²) >= 11 is 0. The third-order valence-corrected chi connectivity index (χ3v) is 8.65. The van der Waals surface area contributed by atoms with Crippen LogP contribution in [0.15, 0.2) is 24.3 Å². The summed E-state index contributed by atoms with van der Waals surface area (Å²) < 4.78 is 38.3. The van der Waals surface area contributed by atoms with E-state index in [-0.39, 0.29) is 63.5 Å². The molecule has 40 heavy (non-hydrogen) atoms. The molecule has 0 radical (unpaired) electrons. The quantitative estimate of drug-likeness (QED) is 0.312. The van der Waals surface area contributed by atoms with Crippen LogP contribution in [-0.2, 0) is 0 Å². The number of hydrogen-bond donors (Lipinski definition) is 3. The van der Waals surface area contributed by atoms with Gasteiger partial charge in [-0.2, -0.15) is 0 Å². The highest BCUT2D eigenvalue weighted by Gasteiger charge is 2.47. The number of fused-ring (bicyclic) bond motifs is 6. The van der Waals surface area contributed by atoms with Gasteiger partial charge in [0.1, 0.15) is 29.2 Å². The topological polar surface area (TPSA) is 90.7 Å². The summed E-state index contributed by atoms with van der Waals surface area (Å²) in [5.41, 5.74) is 0.729. The lowest BCUT2D eigenvalue weighted by Gasteiger charge is -2.43. The lowest BCUT2D eigenvalue weighted by atomic mass is 9.93. The van der Waals surface area contributed by atoms with Gasteiger partial charge in [0.05, 0.1) is 23.1 Å². The van der Waals surface area contributed by atoms with Crippen LogP contribution in [0.25, 0.3) is 32.8 Å². The molecule has 2 bridgehead atoms. The fraction of sp³-hybridized carbons (Fsp3) is 0.355. The Kier molecular flexibility index (Phi) is 5.47. The molecule has 3 aliphatic heterocycles. The average Bonchev–Trinajstić information content (AvgIpc) is 3.23. The maximum absolute atomic E-state index is 17.0. The van der Waals surface area contributed by atoms with Gasteiger partial charge in [-0.1, -0.05) is 12.0 Å². The number of aliphatic hydroxyl groups is 1. The Labute approximate surface area is 229 Å². The number of aromatic hydroxyl groups is 1. The third-order valence-electron chi connectivity index (χ3n) is 8.65. The lowest BCUT2D eigenvalue weighted by Crippen LogP contribution is -2.62. The molecule has 3 N–H and O–H groups in total. The van der Waals surface area contributed by atoms with Crippen LogP contribution in [0, 0.1) is 30.9 Å². The largest absolute Gasteiger partial charge is 0.508 e. The lowest BCUT2D eigenvalue weighted by molar-refractivity contribution is 0.155. The van der Waals surface area contributed by atoms with E-state index in [0.717, 1.165) is 12.8 Å². The first-order valence-corrected chi connectivity index (χ1v) is 13.5. The van der Waals surface area contributed by atoms with Crippen LogP contribution in [0.2, 0.25) is 0 Å². The molecule has 9 heteroatoms. The van der Waals surface area contributed by atoms with Gasteiger partial charge in [0.2, 0.25) is 5.88 Å². The van der Waals surface area contributed by atoms with E-state index in [4.69, 9.17) is 16.1 Å². The Morgan fingerprint density at radius 3 is 2.73 bits per heavy atom. The zero-order valence-electron chi connectivity index (χ0n) is 22.3. The Hall–Kier alpha value is -4.00. The molecule has 2 saturated heterocycles. The normalized spacial score (nSPS) is 24.0. The van der Waals surface area contributed by atoms with Gasteiger partial charge in [-0.25, -0.2) is 18.7 Å². The van der Waals surface area contributed by atoms with Crippen molar-refractivity contribution in [3.63, 3.8) is 0 Å². The van der Waals surface area contributed by atoms with E-state index in [0.29, 0.717) is 34.4 Å². The zero-order valence-corrected chi connectivity index (χ0v) is 22.3. The zero-order chi connectivity index (χ0) is 28.0. The first-order valence-electron chi connectivity index (χ1n) is 13.5. The second kappa shape index (κ2) is 8.75. The van der Waals surface area contributed by atoms with E-state index < -0.39 is 17.7 Å². The van der Waals surface area contributed by atoms with Gasteiger partial charge in [0, 0.05) is 46.2 Å². The SMILES string of the molecule is C#Cc1c(F)ccc2cc(O)cc(-c3nc4c5c(nc(C)c(C(C)O)c5c3F)N3C[C@H]5CC[C@H](N5)[C@H]3[C@H](C)O4)c12. The summed E-state index contributed by atoms with van der Waals surface area (Å²) in [6.07, 6.45) is 6.35. The van der Waals surface area contributed by atoms with Crippen molar-refractivity contribution < 1.29 is 23.7 Å². The Bertz CT molecular complexity index is 1780. The van der Waals surface area contributed by atoms with E-state index in [1.165, 1.54) is 24.3 Å². The highest BCUT2D eigenvalue weighted by atomic mass is 19.1. The second-order valence-corrected chi connectivity index (χ2v) is 11.1. The van der Waals surface area contributed by atoms with Crippen molar-refractivity contribution >= 4 is 27.4 Å². The van der Waals surface area contributed by atoms with Crippen LogP contribution in [0.5, 0.6) is 11.6 Å². The van der Waals surface area contributed by atoms with Gasteiger partial charge in [-0.3, -0.25) is 0 Å². The summed E-state index contributed by atoms with van der Waals surface area (Å²) in [6, 6.07) is 5.88. The molecule has 0 saturated carbocycles. The maximum Gasteiger partial charge on any atom is 0.226 e. The monoisotopic (exact) mass is 542 g/mol. The van der Waals surface area contributed by atoms with Crippen molar-refractivity contribution in [3.05, 3.63) is 52.7 Å². The molecule has 204 valence electrons. The number of nitrogens with zero attached hydrogens (tertiary/aromatic N) is 3. The summed E-state index contributed by atoms with van der Waals surface area (Å²) in [6.45, 7) is 5.98. The number of rotatable bonds is 2. The highest BCUT2D eigenvalue weighted by molar-refractivity contribution is 6.06. The smallest absolute Gasteiger partial charge is 0.226 e. The van der Waals surface area contributed by atoms with Crippen molar-refractivity contribution in [2.24, 2.45) is 0 Å². The van der Waals surface area contributed by atoms with Gasteiger partial charge in [-0.05, 0) is 57.2 Å². The molecule has 2 aromatic carbocycles. The number of halogens is 2. The van der Waals surface area contributed by atoms with Crippen molar-refractivity contribution in [3.8, 4) is 35.2 Å². The summed E-state index contributed by atoms with van der Waals surface area (Å²) in [5, 5.41) is 26.3. The number of aromatic nitrogens is 2. The molecule has 7 nitrogen and oxygen atoms in total. The third kappa shape index (κ3) is 3.42. The molecule has 0 spiro atoms. The van der Waals surface area contributed by atoms with E-state index in [9.17, 15) is 14.6 Å². The Balaban J connectivity index is 1.61. The molecular weight excluding hydrogens is 514 g/mol. The van der Waals surface area contributed by atoms with Crippen LogP contribution >= 0.6 is 0 Å². The van der Waals surface area contributed by atoms with Crippen molar-refractivity contribution in [1.29, 1.82) is 0 Å². The fourth-order valence-electron chi connectivity index (χ4n) is 7.09. The first-order chi connectivity index (χ1) is 19.2. The van der Waals surface area contributed by atoms with Crippen molar-refractivity contribution in [2.45, 2.75) is 63.9 Å². The number of phenols is 1. The minimum Gasteiger partial charge on any atom is -0.508 e. The van der Waals surface area contributed by atoms with Gasteiger partial charge in [0.15, 0.2) is 5.82 Å². The van der Waals surface area contributed by atoms with Crippen LogP contribution in [0.1, 0.15) is 49.6 Å². The minimum absolute atomic E-state index is 0.0595. The van der Waals surface area contributed by atoms with E-state index in [1.807, 2.05) is 6.92 Å². The maximum atomic E-state index is 17.0. The first kappa shape index (κ1) is 25.0. The molecule has 4 aromatic rings. The number of piperazine rings is 1. The van der Waals surface area contributed by atoms with E-state index >= 15 is 4.39 Å². The van der Waals surface area contributed by atoms with Crippen LogP contribution < -0.4 is 15.0 Å². The standard InChI is InChI=1S/C31H28F2N4O3/c1-5-19-21(32)8-6-16-10-18(39)11-20(24(16)19)28-27(33)25-23(14(3)38)13(2)34-30-26(25)31(36-28)40-15(4)29-22-9-7-17(35-22)12-37(29)30/h1,6,8,10-11,14-15,17,22,29,35,38-39H,7,9,12H2,2-4H3/t14?,15-,17+,22-,29+/m0/s1. The van der Waals surface area contributed by atoms with Gasteiger partial charge >= 0.3 is 0 Å². The molecule has 2 aromatic heterocycles. The number of anilines is 1. The van der Waals surface area contributed by atoms with Crippen molar-refractivity contribution in [2.75, 3.05) is 11.4 Å². The number of pyridine rings is 2. The predicted molar refractivity (Wildman–Crippen MR) is 149 cm³/mol. The van der Waals surface area contributed by atoms with E-state index in [1.54, 1.807) is 13.8 Å². The molecule has 3 aliphatic rings. The molecule has 0 amide bonds. The summed E-state index contributed by atoms with van der Waals surface area (Å²) in [5.74, 6) is 1.60. The second-order valence-electron chi connectivity index (χ2n) is 11.1. The average molecular weight is 543 g/mol. The Morgan fingerprint density at radius 1 is 1.18 bits per heavy atom. The van der Waals surface area contributed by atoms with Gasteiger partial charge in [0.25, 0.3) is 0 Å². The molecular formula is C31H28F2N4O3. The molecule has 7 rings (SSSR count). The number of aryl methyl sites for hydroxylation is 1. The number of ether oxygens (including phenoxy) is 1. The van der Waals surface area contributed by atoms with Crippen LogP contribution in [-0.4, -0.2) is 51.0 Å². The summed E-state index contributed by atoms with van der Waals surface area (Å²) in [4.78, 5) is 11.8. The number of benzene rings is 2. The molecule has 1 unspecified atom stereocenters. The highest BCUT2D eigenvalue weighted by Crippen LogP contribution is 2.47. The number of hydrogen-bond acceptors (Lipinski definition) is 7. The summed E-state index contributed by atoms with van der Waals surface area (Å²) in [7, 11) is 0. The molecule has 5 heterocycles. The van der Waals surface area contributed by atoms with Crippen LogP contribution in [0.4, 0.5) is 14.6 Å². The molecule has 5 atom stereocenters. The minimum atomic E-state index is -1.05. The molecule has 0 aliphatic carbocycles. The number of phenolic OH excluding ortho intramolecular Hbond substituents is 1. The van der Waals surface area contributed by atoms with Crippen molar-refractivity contribution in [1.82, 2.24) is 15.3 Å². The fourth-order valence-corrected chi connectivity index (χ4v) is 7.09. The van der Waals surface area contributed by atoms with Crippen LogP contribution in [0.3, 0.4) is 0 Å². The number of nitrogens with one attached hydrogen (secondary N) is 1. The van der Waals surface area contributed by atoms with Gasteiger partial charge in [-0.15, -0.1) is 6.42 Å². The molecule has 2 fully saturated rings. The van der Waals surface area contributed by atoms with Gasteiger partial charge < -0.3 is 25.2 Å². The predicted octanol–water partition coefficient (Wildman–Crippen LogP) is 4.87. The number of aliphatic hydroxyl groups excluding tert-OH is 1.